The third-order valence-electron chi connectivity index (χ3n) is 4.59. The van der Waals surface area contributed by atoms with Gasteiger partial charge in [0.15, 0.2) is 11.5 Å². The quantitative estimate of drug-likeness (QED) is 0.313. The maximum Gasteiger partial charge on any atom is 0.211 e. The Morgan fingerprint density at radius 3 is 1.63 bits per heavy atom. The molecule has 0 N–H and O–H groups in total. The standard InChI is InChI=1S/C12H15OS.C8H7BrO.C4H8S.BrH/c13-12(10-14-8-4-5-9-14)11-6-2-1-3-7-11;9-6-8(10)7-4-2-1-3-5-7;1-2-4-5-3-1;/h1-3,6-7H,4-5,8-10H2;1-5H,6H2;1-4H2;1H/q+1;;;/p-1. The summed E-state index contributed by atoms with van der Waals surface area (Å²) in [6.07, 6.45) is 5.58. The highest BCUT2D eigenvalue weighted by atomic mass is 79.9. The second-order valence-electron chi connectivity index (χ2n) is 6.90. The van der Waals surface area contributed by atoms with Crippen LogP contribution in [-0.4, -0.2) is 45.7 Å². The maximum absolute atomic E-state index is 11.8. The Labute approximate surface area is 207 Å². The van der Waals surface area contributed by atoms with E-state index in [1.165, 1.54) is 48.7 Å². The molecule has 2 aromatic rings. The normalized spacial score (nSPS) is 15.1. The van der Waals surface area contributed by atoms with E-state index in [1.807, 2.05) is 60.7 Å². The summed E-state index contributed by atoms with van der Waals surface area (Å²) in [6.45, 7) is 0. The van der Waals surface area contributed by atoms with Crippen molar-refractivity contribution >= 4 is 50.2 Å². The van der Waals surface area contributed by atoms with Crippen molar-refractivity contribution in [2.24, 2.45) is 0 Å². The molecular formula is C24H30Br2O2S2. The largest absolute Gasteiger partial charge is 1.00 e. The number of alkyl halides is 1. The average molecular weight is 574 g/mol. The first-order valence-corrected chi connectivity index (χ1v) is 14.2. The molecule has 2 aliphatic heterocycles. The number of hydrogen-bond acceptors (Lipinski definition) is 3. The number of carbonyl (C=O) groups excluding carboxylic acids is 2. The molecule has 0 aliphatic carbocycles. The predicted molar refractivity (Wildman–Crippen MR) is 133 cm³/mol. The van der Waals surface area contributed by atoms with Crippen LogP contribution >= 0.6 is 27.7 Å². The highest BCUT2D eigenvalue weighted by Crippen LogP contribution is 2.15. The molecule has 2 aromatic carbocycles. The van der Waals surface area contributed by atoms with E-state index in [0.717, 1.165) is 16.9 Å². The molecule has 2 aliphatic rings. The smallest absolute Gasteiger partial charge is 0.211 e. The number of ketones is 2. The van der Waals surface area contributed by atoms with E-state index in [2.05, 4.69) is 27.7 Å². The van der Waals surface area contributed by atoms with E-state index in [9.17, 15) is 9.59 Å². The van der Waals surface area contributed by atoms with E-state index >= 15 is 0 Å². The summed E-state index contributed by atoms with van der Waals surface area (Å²) in [5.74, 6) is 6.62. The van der Waals surface area contributed by atoms with Gasteiger partial charge >= 0.3 is 0 Å². The lowest BCUT2D eigenvalue weighted by Crippen LogP contribution is -3.00. The van der Waals surface area contributed by atoms with Crippen molar-refractivity contribution in [3.05, 3.63) is 71.8 Å². The van der Waals surface area contributed by atoms with Crippen LogP contribution in [0.5, 0.6) is 0 Å². The minimum Gasteiger partial charge on any atom is -1.00 e. The summed E-state index contributed by atoms with van der Waals surface area (Å²) in [6, 6.07) is 18.9. The highest BCUT2D eigenvalue weighted by molar-refractivity contribution is 9.09. The van der Waals surface area contributed by atoms with Gasteiger partial charge in [-0.05, 0) is 48.1 Å². The van der Waals surface area contributed by atoms with E-state index < -0.39 is 0 Å². The summed E-state index contributed by atoms with van der Waals surface area (Å²) in [5, 5.41) is 0.400. The molecule has 2 heterocycles. The molecular weight excluding hydrogens is 544 g/mol. The van der Waals surface area contributed by atoms with E-state index in [0.29, 0.717) is 22.0 Å². The first-order chi connectivity index (χ1) is 14.2. The number of hydrogen-bond donors (Lipinski definition) is 0. The lowest BCUT2D eigenvalue weighted by atomic mass is 10.2. The fourth-order valence-electron chi connectivity index (χ4n) is 2.96. The van der Waals surface area contributed by atoms with Gasteiger partial charge in [-0.3, -0.25) is 9.59 Å². The number of rotatable bonds is 5. The minimum atomic E-state index is 0. The number of carbonyl (C=O) groups is 2. The average Bonchev–Trinajstić information content (AvgIpc) is 3.52. The summed E-state index contributed by atoms with van der Waals surface area (Å²) >= 11 is 5.18. The minimum absolute atomic E-state index is 0. The van der Waals surface area contributed by atoms with Crippen molar-refractivity contribution in [2.45, 2.75) is 25.7 Å². The van der Waals surface area contributed by atoms with Crippen molar-refractivity contribution in [1.82, 2.24) is 0 Å². The van der Waals surface area contributed by atoms with Crippen LogP contribution in [0.2, 0.25) is 0 Å². The SMILES string of the molecule is C1CCSC1.O=C(CBr)c1ccccc1.O=C(C[S+]1CCCC1)c1ccccc1.[Br-]. The Morgan fingerprint density at radius 1 is 0.767 bits per heavy atom. The molecule has 0 bridgehead atoms. The van der Waals surface area contributed by atoms with Gasteiger partial charge in [-0.2, -0.15) is 11.8 Å². The zero-order valence-corrected chi connectivity index (χ0v) is 22.0. The zero-order valence-electron chi connectivity index (χ0n) is 17.2. The van der Waals surface area contributed by atoms with E-state index in [-0.39, 0.29) is 22.8 Å². The van der Waals surface area contributed by atoms with Crippen LogP contribution in [0.3, 0.4) is 0 Å². The van der Waals surface area contributed by atoms with Gasteiger partial charge in [0.2, 0.25) is 5.78 Å². The molecule has 4 rings (SSSR count). The van der Waals surface area contributed by atoms with Crippen LogP contribution in [0.25, 0.3) is 0 Å². The van der Waals surface area contributed by atoms with Gasteiger partial charge in [0.05, 0.1) is 5.33 Å². The molecule has 2 fully saturated rings. The Kier molecular flexibility index (Phi) is 15.6. The number of halogens is 2. The first kappa shape index (κ1) is 27.5. The zero-order chi connectivity index (χ0) is 20.7. The summed E-state index contributed by atoms with van der Waals surface area (Å²) in [4.78, 5) is 22.8. The second-order valence-corrected chi connectivity index (χ2v) is 11.0. The number of Topliss-reactive ketones (excluding diaryl/α,β-unsaturated/α-hetero) is 2. The predicted octanol–water partition coefficient (Wildman–Crippen LogP) is 3.06. The van der Waals surface area contributed by atoms with E-state index in [1.54, 1.807) is 0 Å². The Hall–Kier alpha value is -0.560. The van der Waals surface area contributed by atoms with Gasteiger partial charge < -0.3 is 17.0 Å². The molecule has 0 saturated carbocycles. The molecule has 164 valence electrons. The topological polar surface area (TPSA) is 34.1 Å². The number of benzene rings is 2. The lowest BCUT2D eigenvalue weighted by Gasteiger charge is -2.00. The monoisotopic (exact) mass is 572 g/mol. The van der Waals surface area contributed by atoms with E-state index in [4.69, 9.17) is 0 Å². The van der Waals surface area contributed by atoms with Crippen molar-refractivity contribution < 1.29 is 26.6 Å². The van der Waals surface area contributed by atoms with Crippen LogP contribution in [0.4, 0.5) is 0 Å². The fourth-order valence-corrected chi connectivity index (χ4v) is 6.56. The van der Waals surface area contributed by atoms with Crippen LogP contribution in [0.15, 0.2) is 60.7 Å². The Morgan fingerprint density at radius 2 is 1.23 bits per heavy atom. The molecule has 2 nitrogen and oxygen atoms in total. The lowest BCUT2D eigenvalue weighted by molar-refractivity contribution is -0.0000211. The molecule has 0 atom stereocenters. The molecule has 0 radical (unpaired) electrons. The van der Waals surface area contributed by atoms with Crippen LogP contribution in [0, 0.1) is 0 Å². The van der Waals surface area contributed by atoms with Gasteiger partial charge in [-0.1, -0.05) is 76.6 Å². The summed E-state index contributed by atoms with van der Waals surface area (Å²) in [5.41, 5.74) is 1.64. The summed E-state index contributed by atoms with van der Waals surface area (Å²) < 4.78 is 0. The third kappa shape index (κ3) is 11.2. The van der Waals surface area contributed by atoms with Crippen molar-refractivity contribution in [3.8, 4) is 0 Å². The maximum atomic E-state index is 11.8. The van der Waals surface area contributed by atoms with Gasteiger partial charge in [0.1, 0.15) is 11.5 Å². The molecule has 0 aromatic heterocycles. The molecule has 6 heteroatoms. The van der Waals surface area contributed by atoms with Gasteiger partial charge in [0.25, 0.3) is 0 Å². The molecule has 0 spiro atoms. The van der Waals surface area contributed by atoms with Gasteiger partial charge in [-0.25, -0.2) is 0 Å². The highest BCUT2D eigenvalue weighted by Gasteiger charge is 2.27. The van der Waals surface area contributed by atoms with Crippen LogP contribution < -0.4 is 17.0 Å². The van der Waals surface area contributed by atoms with Gasteiger partial charge in [-0.15, -0.1) is 0 Å². The first-order valence-electron chi connectivity index (χ1n) is 10.1. The molecule has 0 amide bonds. The third-order valence-corrected chi connectivity index (χ3v) is 8.66. The van der Waals surface area contributed by atoms with Crippen molar-refractivity contribution in [1.29, 1.82) is 0 Å². The van der Waals surface area contributed by atoms with Crippen molar-refractivity contribution in [3.63, 3.8) is 0 Å². The molecule has 0 unspecified atom stereocenters. The fraction of sp³-hybridized carbons (Fsp3) is 0.417. The van der Waals surface area contributed by atoms with Crippen LogP contribution in [0.1, 0.15) is 46.4 Å². The molecule has 30 heavy (non-hydrogen) atoms. The van der Waals surface area contributed by atoms with Crippen molar-refractivity contribution in [2.75, 3.05) is 34.1 Å². The number of thioether (sulfide) groups is 1. The molecule has 2 saturated heterocycles. The summed E-state index contributed by atoms with van der Waals surface area (Å²) in [7, 11) is 0.393. The Balaban J connectivity index is 0.000000246. The Bertz CT molecular complexity index is 709. The second kappa shape index (κ2) is 17.0. The van der Waals surface area contributed by atoms with Gasteiger partial charge in [0, 0.05) is 11.1 Å². The van der Waals surface area contributed by atoms with Crippen LogP contribution in [-0.2, 0) is 10.9 Å².